The second kappa shape index (κ2) is 4.65. The molecule has 2 N–H and O–H groups in total. The molecule has 1 aliphatic rings. The lowest BCUT2D eigenvalue weighted by atomic mass is 9.98. The van der Waals surface area contributed by atoms with Crippen molar-refractivity contribution < 1.29 is 4.74 Å². The van der Waals surface area contributed by atoms with E-state index in [-0.39, 0.29) is 6.04 Å². The number of benzene rings is 1. The minimum Gasteiger partial charge on any atom is -0.497 e. The fourth-order valence-corrected chi connectivity index (χ4v) is 3.84. The Kier molecular flexibility index (Phi) is 2.79. The standard InChI is InChI=1S/C16H16N2OS/c1-19-10-4-5-13-12(9-10)11-6-7-17-16(15(11)18-13)14-3-2-8-20-14/h2-5,8-9,16-18H,6-7H2,1H3. The van der Waals surface area contributed by atoms with Crippen molar-refractivity contribution in [3.05, 3.63) is 51.8 Å². The zero-order valence-electron chi connectivity index (χ0n) is 11.3. The zero-order chi connectivity index (χ0) is 13.5. The molecule has 0 saturated heterocycles. The first kappa shape index (κ1) is 12.0. The molecular weight excluding hydrogens is 268 g/mol. The first-order valence-corrected chi connectivity index (χ1v) is 7.70. The summed E-state index contributed by atoms with van der Waals surface area (Å²) in [5.41, 5.74) is 3.93. The highest BCUT2D eigenvalue weighted by atomic mass is 32.1. The molecule has 1 aliphatic heterocycles. The molecule has 0 spiro atoms. The second-order valence-corrected chi connectivity index (χ2v) is 6.06. The molecule has 3 nitrogen and oxygen atoms in total. The van der Waals surface area contributed by atoms with E-state index in [1.807, 2.05) is 6.07 Å². The number of H-pyrrole nitrogens is 1. The zero-order valence-corrected chi connectivity index (χ0v) is 12.1. The molecule has 2 aromatic heterocycles. The molecule has 1 unspecified atom stereocenters. The average molecular weight is 284 g/mol. The highest BCUT2D eigenvalue weighted by molar-refractivity contribution is 7.10. The Balaban J connectivity index is 1.90. The van der Waals surface area contributed by atoms with Gasteiger partial charge >= 0.3 is 0 Å². The van der Waals surface area contributed by atoms with Gasteiger partial charge in [0.25, 0.3) is 0 Å². The van der Waals surface area contributed by atoms with Gasteiger partial charge in [-0.2, -0.15) is 0 Å². The van der Waals surface area contributed by atoms with Gasteiger partial charge in [0.2, 0.25) is 0 Å². The summed E-state index contributed by atoms with van der Waals surface area (Å²) in [5, 5.41) is 7.04. The Morgan fingerprint density at radius 2 is 2.25 bits per heavy atom. The van der Waals surface area contributed by atoms with Crippen molar-refractivity contribution in [2.24, 2.45) is 0 Å². The highest BCUT2D eigenvalue weighted by Crippen LogP contribution is 2.36. The monoisotopic (exact) mass is 284 g/mol. The van der Waals surface area contributed by atoms with Gasteiger partial charge in [-0.3, -0.25) is 0 Å². The Labute approximate surface area is 121 Å². The minimum atomic E-state index is 0.289. The van der Waals surface area contributed by atoms with Crippen LogP contribution in [0.2, 0.25) is 0 Å². The number of methoxy groups -OCH3 is 1. The van der Waals surface area contributed by atoms with Gasteiger partial charge in [-0.15, -0.1) is 11.3 Å². The molecule has 4 heteroatoms. The Bertz CT molecular complexity index is 745. The summed E-state index contributed by atoms with van der Waals surface area (Å²) in [6, 6.07) is 10.9. The van der Waals surface area contributed by atoms with Crippen LogP contribution in [0.5, 0.6) is 5.75 Å². The van der Waals surface area contributed by atoms with Crippen molar-refractivity contribution in [1.29, 1.82) is 0 Å². The van der Waals surface area contributed by atoms with Crippen molar-refractivity contribution in [2.75, 3.05) is 13.7 Å². The van der Waals surface area contributed by atoms with Crippen LogP contribution < -0.4 is 10.1 Å². The largest absolute Gasteiger partial charge is 0.497 e. The van der Waals surface area contributed by atoms with Crippen LogP contribution >= 0.6 is 11.3 Å². The summed E-state index contributed by atoms with van der Waals surface area (Å²) in [6.07, 6.45) is 1.06. The second-order valence-electron chi connectivity index (χ2n) is 5.08. The Morgan fingerprint density at radius 1 is 1.30 bits per heavy atom. The van der Waals surface area contributed by atoms with Gasteiger partial charge in [-0.05, 0) is 41.6 Å². The predicted octanol–water partition coefficient (Wildman–Crippen LogP) is 3.47. The van der Waals surface area contributed by atoms with Crippen molar-refractivity contribution in [2.45, 2.75) is 12.5 Å². The van der Waals surface area contributed by atoms with Gasteiger partial charge in [-0.25, -0.2) is 0 Å². The fraction of sp³-hybridized carbons (Fsp3) is 0.250. The van der Waals surface area contributed by atoms with E-state index in [9.17, 15) is 0 Å². The molecule has 3 aromatic rings. The molecular formula is C16H16N2OS. The number of nitrogens with one attached hydrogen (secondary N) is 2. The normalized spacial score (nSPS) is 18.1. The van der Waals surface area contributed by atoms with Gasteiger partial charge in [0, 0.05) is 28.0 Å². The lowest BCUT2D eigenvalue weighted by Crippen LogP contribution is -2.29. The average Bonchev–Trinajstić information content (AvgIpc) is 3.13. The van der Waals surface area contributed by atoms with Crippen LogP contribution in [0.3, 0.4) is 0 Å². The van der Waals surface area contributed by atoms with Crippen LogP contribution in [-0.4, -0.2) is 18.6 Å². The van der Waals surface area contributed by atoms with E-state index in [1.54, 1.807) is 18.4 Å². The van der Waals surface area contributed by atoms with Crippen molar-refractivity contribution >= 4 is 22.2 Å². The Morgan fingerprint density at radius 3 is 3.05 bits per heavy atom. The summed E-state index contributed by atoms with van der Waals surface area (Å²) in [4.78, 5) is 4.96. The van der Waals surface area contributed by atoms with Gasteiger partial charge < -0.3 is 15.0 Å². The number of fused-ring (bicyclic) bond motifs is 3. The van der Waals surface area contributed by atoms with Crippen LogP contribution in [0.4, 0.5) is 0 Å². The first-order chi connectivity index (χ1) is 9.86. The van der Waals surface area contributed by atoms with E-state index in [0.29, 0.717) is 0 Å². The molecule has 0 bridgehead atoms. The molecule has 1 aromatic carbocycles. The Hall–Kier alpha value is -1.78. The summed E-state index contributed by atoms with van der Waals surface area (Å²) in [7, 11) is 1.72. The van der Waals surface area contributed by atoms with Gasteiger partial charge in [-0.1, -0.05) is 6.07 Å². The number of hydrogen-bond donors (Lipinski definition) is 2. The van der Waals surface area contributed by atoms with Crippen molar-refractivity contribution in [3.8, 4) is 5.75 Å². The maximum Gasteiger partial charge on any atom is 0.119 e. The van der Waals surface area contributed by atoms with Gasteiger partial charge in [0.15, 0.2) is 0 Å². The maximum absolute atomic E-state index is 5.35. The van der Waals surface area contributed by atoms with E-state index in [1.165, 1.54) is 27.0 Å². The number of ether oxygens (including phenoxy) is 1. The molecule has 1 atom stereocenters. The molecule has 3 heterocycles. The van der Waals surface area contributed by atoms with Gasteiger partial charge in [0.05, 0.1) is 13.2 Å². The topological polar surface area (TPSA) is 37.0 Å². The third-order valence-corrected chi connectivity index (χ3v) is 4.92. The van der Waals surface area contributed by atoms with E-state index < -0.39 is 0 Å². The van der Waals surface area contributed by atoms with Crippen molar-refractivity contribution in [3.63, 3.8) is 0 Å². The van der Waals surface area contributed by atoms with Crippen LogP contribution in [0.25, 0.3) is 10.9 Å². The molecule has 20 heavy (non-hydrogen) atoms. The molecule has 0 amide bonds. The number of hydrogen-bond acceptors (Lipinski definition) is 3. The van der Waals surface area contributed by atoms with Crippen LogP contribution in [0.15, 0.2) is 35.7 Å². The predicted molar refractivity (Wildman–Crippen MR) is 82.7 cm³/mol. The van der Waals surface area contributed by atoms with E-state index in [2.05, 4.69) is 39.9 Å². The van der Waals surface area contributed by atoms with Crippen LogP contribution in [-0.2, 0) is 6.42 Å². The molecule has 0 aliphatic carbocycles. The summed E-state index contributed by atoms with van der Waals surface area (Å²) in [5.74, 6) is 0.922. The number of thiophene rings is 1. The summed E-state index contributed by atoms with van der Waals surface area (Å²) < 4.78 is 5.35. The lowest BCUT2D eigenvalue weighted by molar-refractivity contribution is 0.415. The summed E-state index contributed by atoms with van der Waals surface area (Å²) >= 11 is 1.80. The molecule has 0 saturated carbocycles. The lowest BCUT2D eigenvalue weighted by Gasteiger charge is -2.23. The first-order valence-electron chi connectivity index (χ1n) is 6.82. The summed E-state index contributed by atoms with van der Waals surface area (Å²) in [6.45, 7) is 1.01. The molecule has 102 valence electrons. The number of aromatic amines is 1. The molecule has 0 fully saturated rings. The quantitative estimate of drug-likeness (QED) is 0.756. The van der Waals surface area contributed by atoms with E-state index >= 15 is 0 Å². The minimum absolute atomic E-state index is 0.289. The number of aromatic nitrogens is 1. The fourth-order valence-electron chi connectivity index (χ4n) is 3.03. The van der Waals surface area contributed by atoms with E-state index in [4.69, 9.17) is 4.74 Å². The molecule has 0 radical (unpaired) electrons. The van der Waals surface area contributed by atoms with Crippen LogP contribution in [0, 0.1) is 0 Å². The third-order valence-electron chi connectivity index (χ3n) is 3.99. The van der Waals surface area contributed by atoms with Crippen molar-refractivity contribution in [1.82, 2.24) is 10.3 Å². The van der Waals surface area contributed by atoms with Crippen LogP contribution in [0.1, 0.15) is 22.2 Å². The number of rotatable bonds is 2. The smallest absolute Gasteiger partial charge is 0.119 e. The maximum atomic E-state index is 5.35. The SMILES string of the molecule is COc1ccc2[nH]c3c(c2c1)CCNC3c1cccs1. The van der Waals surface area contributed by atoms with Gasteiger partial charge in [0.1, 0.15) is 5.75 Å². The highest BCUT2D eigenvalue weighted by Gasteiger charge is 2.25. The molecule has 4 rings (SSSR count). The third kappa shape index (κ3) is 1.76. The van der Waals surface area contributed by atoms with E-state index in [0.717, 1.165) is 18.7 Å².